The number of fused-ring (bicyclic) bond motifs is 1. The number of hydrogen-bond donors (Lipinski definition) is 3. The van der Waals surface area contributed by atoms with Gasteiger partial charge in [0.25, 0.3) is 15.7 Å². The number of aryl methyl sites for hydroxylation is 2. The maximum absolute atomic E-state index is 12.0. The highest BCUT2D eigenvalue weighted by atomic mass is 32.2. The van der Waals surface area contributed by atoms with E-state index >= 15 is 0 Å². The summed E-state index contributed by atoms with van der Waals surface area (Å²) in [5.41, 5.74) is 5.51. The van der Waals surface area contributed by atoms with Gasteiger partial charge in [0.05, 0.1) is 29.7 Å². The third kappa shape index (κ3) is 8.53. The van der Waals surface area contributed by atoms with Crippen LogP contribution in [0.2, 0.25) is 0 Å². The van der Waals surface area contributed by atoms with E-state index in [2.05, 4.69) is 26.7 Å². The largest absolute Gasteiger partial charge is 0.457 e. The Morgan fingerprint density at radius 3 is 2.29 bits per heavy atom. The molecule has 0 atom stereocenters. The van der Waals surface area contributed by atoms with Gasteiger partial charge < -0.3 is 10.1 Å². The second kappa shape index (κ2) is 14.3. The van der Waals surface area contributed by atoms with E-state index in [1.807, 2.05) is 98.8 Å². The average Bonchev–Trinajstić information content (AvgIpc) is 3.67. The first kappa shape index (κ1) is 32.4. The molecule has 0 aliphatic carbocycles. The van der Waals surface area contributed by atoms with Crippen LogP contribution in [0.4, 0.5) is 5.69 Å². The fourth-order valence-electron chi connectivity index (χ4n) is 4.34. The molecule has 12 nitrogen and oxygen atoms in total. The Morgan fingerprint density at radius 1 is 1.00 bits per heavy atom. The van der Waals surface area contributed by atoms with Gasteiger partial charge in [0, 0.05) is 53.9 Å². The summed E-state index contributed by atoms with van der Waals surface area (Å²) in [6.07, 6.45) is 6.78. The van der Waals surface area contributed by atoms with Crippen molar-refractivity contribution in [2.75, 3.05) is 18.6 Å². The summed E-state index contributed by atoms with van der Waals surface area (Å²) < 4.78 is 35.4. The molecule has 13 heteroatoms. The number of pyridine rings is 1. The predicted molar refractivity (Wildman–Crippen MR) is 174 cm³/mol. The molecule has 0 saturated heterocycles. The molecule has 0 radical (unpaired) electrons. The van der Waals surface area contributed by atoms with Crippen LogP contribution in [0.5, 0.6) is 11.5 Å². The number of nitrogens with zero attached hydrogens (tertiary/aromatic N) is 4. The van der Waals surface area contributed by atoms with Crippen molar-refractivity contribution in [2.24, 2.45) is 7.05 Å². The molecule has 3 N–H and O–H groups in total. The van der Waals surface area contributed by atoms with Crippen LogP contribution in [-0.2, 0) is 17.2 Å². The van der Waals surface area contributed by atoms with E-state index in [4.69, 9.17) is 9.29 Å². The van der Waals surface area contributed by atoms with Gasteiger partial charge in [-0.3, -0.25) is 28.5 Å². The molecule has 6 rings (SSSR count). The Morgan fingerprint density at radius 2 is 1.69 bits per heavy atom. The highest BCUT2D eigenvalue weighted by Gasteiger charge is 2.13. The number of carbonyl (C=O) groups is 1. The topological polar surface area (TPSA) is 161 Å². The summed E-state index contributed by atoms with van der Waals surface area (Å²) >= 11 is 0. The van der Waals surface area contributed by atoms with Crippen molar-refractivity contribution < 1.29 is 22.5 Å². The summed E-state index contributed by atoms with van der Waals surface area (Å²) in [5.74, 6) is 1.55. The molecule has 6 aromatic rings. The van der Waals surface area contributed by atoms with Gasteiger partial charge in [-0.25, -0.2) is 0 Å². The van der Waals surface area contributed by atoms with Crippen molar-refractivity contribution in [3.63, 3.8) is 0 Å². The number of H-pyrrole nitrogens is 1. The monoisotopic (exact) mass is 628 g/mol. The zero-order valence-corrected chi connectivity index (χ0v) is 25.8. The molecule has 45 heavy (non-hydrogen) atoms. The number of anilines is 1. The summed E-state index contributed by atoms with van der Waals surface area (Å²) in [5, 5.41) is 15.4. The van der Waals surface area contributed by atoms with Crippen molar-refractivity contribution in [2.45, 2.75) is 6.92 Å². The van der Waals surface area contributed by atoms with Crippen LogP contribution in [0.15, 0.2) is 102 Å². The van der Waals surface area contributed by atoms with Crippen molar-refractivity contribution in [3.8, 4) is 28.3 Å². The SMILES string of the molecule is CNc1ccc(Oc2cc3cnn(C)c3cc2-c2cn[nH]c2)cc1.CS(=O)(=O)O.Cc1ccc(C=O)c(=O)n1-c1ccccc1. The highest BCUT2D eigenvalue weighted by molar-refractivity contribution is 7.85. The lowest BCUT2D eigenvalue weighted by molar-refractivity contribution is 0.112. The van der Waals surface area contributed by atoms with Gasteiger partial charge in [0.2, 0.25) is 0 Å². The number of hydrogen-bond acceptors (Lipinski definition) is 8. The van der Waals surface area contributed by atoms with Crippen molar-refractivity contribution in [1.82, 2.24) is 24.5 Å². The number of ether oxygens (including phenoxy) is 1. The Bertz CT molecular complexity index is 2050. The Balaban J connectivity index is 0.000000189. The van der Waals surface area contributed by atoms with Gasteiger partial charge in [-0.2, -0.15) is 18.6 Å². The van der Waals surface area contributed by atoms with Gasteiger partial charge in [-0.15, -0.1) is 0 Å². The zero-order chi connectivity index (χ0) is 32.6. The first-order valence-corrected chi connectivity index (χ1v) is 15.4. The minimum atomic E-state index is -3.67. The van der Waals surface area contributed by atoms with Crippen LogP contribution in [0.1, 0.15) is 16.1 Å². The highest BCUT2D eigenvalue weighted by Crippen LogP contribution is 2.36. The lowest BCUT2D eigenvalue weighted by atomic mass is 10.1. The molecule has 232 valence electrons. The average molecular weight is 629 g/mol. The normalized spacial score (nSPS) is 10.7. The third-order valence-corrected chi connectivity index (χ3v) is 6.48. The molecule has 0 spiro atoms. The first-order valence-electron chi connectivity index (χ1n) is 13.5. The number of nitrogens with one attached hydrogen (secondary N) is 2. The summed E-state index contributed by atoms with van der Waals surface area (Å²) in [6.45, 7) is 1.84. The molecule has 3 aromatic heterocycles. The lowest BCUT2D eigenvalue weighted by Gasteiger charge is -2.12. The number of para-hydroxylation sites is 1. The Labute approximate surface area is 259 Å². The second-order valence-corrected chi connectivity index (χ2v) is 11.3. The van der Waals surface area contributed by atoms with Gasteiger partial charge in [-0.05, 0) is 67.6 Å². The minimum absolute atomic E-state index is 0.175. The fraction of sp³-hybridized carbons (Fsp3) is 0.125. The number of benzene rings is 3. The number of aromatic nitrogens is 5. The van der Waals surface area contributed by atoms with E-state index in [0.717, 1.165) is 50.6 Å². The number of aldehydes is 1. The zero-order valence-electron chi connectivity index (χ0n) is 25.0. The molecule has 0 aliphatic rings. The number of aromatic amines is 1. The second-order valence-electron chi connectivity index (χ2n) is 9.80. The van der Waals surface area contributed by atoms with Gasteiger partial charge in [0.15, 0.2) is 6.29 Å². The molecule has 0 bridgehead atoms. The van der Waals surface area contributed by atoms with E-state index < -0.39 is 10.1 Å². The van der Waals surface area contributed by atoms with Crippen LogP contribution in [0, 0.1) is 6.92 Å². The predicted octanol–water partition coefficient (Wildman–Crippen LogP) is 5.26. The van der Waals surface area contributed by atoms with E-state index in [0.29, 0.717) is 12.5 Å². The molecular weight excluding hydrogens is 596 g/mol. The van der Waals surface area contributed by atoms with Crippen LogP contribution in [0.3, 0.4) is 0 Å². The lowest BCUT2D eigenvalue weighted by Crippen LogP contribution is -2.23. The van der Waals surface area contributed by atoms with Crippen LogP contribution in [-0.4, -0.2) is 57.1 Å². The molecule has 3 aromatic carbocycles. The maximum Gasteiger partial charge on any atom is 0.265 e. The molecular formula is C32H32N6O6S. The van der Waals surface area contributed by atoms with E-state index in [-0.39, 0.29) is 11.1 Å². The van der Waals surface area contributed by atoms with E-state index in [9.17, 15) is 18.0 Å². The van der Waals surface area contributed by atoms with Crippen molar-refractivity contribution in [3.05, 3.63) is 119 Å². The maximum atomic E-state index is 12.0. The molecule has 3 heterocycles. The smallest absolute Gasteiger partial charge is 0.265 e. The molecule has 0 fully saturated rings. The van der Waals surface area contributed by atoms with Gasteiger partial charge in [-0.1, -0.05) is 18.2 Å². The number of rotatable bonds is 6. The van der Waals surface area contributed by atoms with E-state index in [1.54, 1.807) is 18.3 Å². The minimum Gasteiger partial charge on any atom is -0.457 e. The third-order valence-electron chi connectivity index (χ3n) is 6.48. The summed E-state index contributed by atoms with van der Waals surface area (Å²) in [4.78, 5) is 22.7. The standard InChI is InChI=1S/C18H17N5O.C13H11NO2.CH4O3S/c1-19-14-3-5-15(6-4-14)24-18-7-12-11-22-23(2)17(12)8-16(18)13-9-20-21-10-13;1-10-7-8-11(9-15)13(16)14(10)12-5-3-2-4-6-12;1-5(2,3)4/h3-11,19H,1-2H3,(H,20,21);2-9H,1H3;1H3,(H,2,3,4). The molecule has 0 aliphatic heterocycles. The quantitative estimate of drug-likeness (QED) is 0.165. The van der Waals surface area contributed by atoms with Crippen LogP contribution >= 0.6 is 0 Å². The molecule has 0 saturated carbocycles. The van der Waals surface area contributed by atoms with Crippen LogP contribution in [0.25, 0.3) is 27.7 Å². The molecule has 0 amide bonds. The van der Waals surface area contributed by atoms with Crippen molar-refractivity contribution in [1.29, 1.82) is 0 Å². The van der Waals surface area contributed by atoms with E-state index in [1.165, 1.54) is 4.57 Å². The molecule has 0 unspecified atom stereocenters. The first-order chi connectivity index (χ1) is 21.5. The number of carbonyl (C=O) groups excluding carboxylic acids is 1. The fourth-order valence-corrected chi connectivity index (χ4v) is 4.34. The Kier molecular flexibility index (Phi) is 10.3. The summed E-state index contributed by atoms with van der Waals surface area (Å²) in [6, 6.07) is 24.5. The van der Waals surface area contributed by atoms with Gasteiger partial charge >= 0.3 is 0 Å². The summed E-state index contributed by atoms with van der Waals surface area (Å²) in [7, 11) is 0.154. The Hall–Kier alpha value is -5.53. The van der Waals surface area contributed by atoms with Crippen molar-refractivity contribution >= 4 is 33.0 Å². The van der Waals surface area contributed by atoms with Crippen LogP contribution < -0.4 is 15.6 Å². The van der Waals surface area contributed by atoms with Gasteiger partial charge in [0.1, 0.15) is 11.5 Å².